The van der Waals surface area contributed by atoms with Gasteiger partial charge in [0.15, 0.2) is 0 Å². The monoisotopic (exact) mass is 230 g/mol. The third-order valence-electron chi connectivity index (χ3n) is 2.18. The summed E-state index contributed by atoms with van der Waals surface area (Å²) in [6.45, 7) is 4.49. The van der Waals surface area contributed by atoms with Crippen molar-refractivity contribution in [1.82, 2.24) is 0 Å². The predicted molar refractivity (Wildman–Crippen MR) is 54.5 cm³/mol. The van der Waals surface area contributed by atoms with Crippen molar-refractivity contribution < 1.29 is 4.42 Å². The lowest BCUT2D eigenvalue weighted by Crippen LogP contribution is -2.12. The second kappa shape index (κ2) is 4.70. The molecule has 68 valence electrons. The number of furan rings is 1. The van der Waals surface area contributed by atoms with E-state index in [1.165, 1.54) is 0 Å². The molecule has 0 fully saturated rings. The first-order valence-corrected chi connectivity index (χ1v) is 5.44. The van der Waals surface area contributed by atoms with Gasteiger partial charge in [0.05, 0.1) is 6.26 Å². The zero-order chi connectivity index (χ0) is 8.97. The molecule has 0 spiro atoms. The summed E-state index contributed by atoms with van der Waals surface area (Å²) >= 11 is 3.52. The Kier molecular flexibility index (Phi) is 3.86. The highest BCUT2D eigenvalue weighted by Crippen LogP contribution is 2.19. The average Bonchev–Trinajstić information content (AvgIpc) is 2.51. The summed E-state index contributed by atoms with van der Waals surface area (Å²) in [6, 6.07) is 3.99. The molecule has 0 aliphatic heterocycles. The van der Waals surface area contributed by atoms with Gasteiger partial charge in [0.1, 0.15) is 5.76 Å². The molecule has 0 saturated carbocycles. The lowest BCUT2D eigenvalue weighted by Gasteiger charge is -2.16. The van der Waals surface area contributed by atoms with Crippen LogP contribution in [0.3, 0.4) is 0 Å². The molecule has 0 aliphatic carbocycles. The van der Waals surface area contributed by atoms with Crippen LogP contribution in [0.5, 0.6) is 0 Å². The molecular weight excluding hydrogens is 216 g/mol. The molecular formula is C10H15BrO. The van der Waals surface area contributed by atoms with Crippen LogP contribution < -0.4 is 0 Å². The van der Waals surface area contributed by atoms with Crippen molar-refractivity contribution in [2.24, 2.45) is 11.8 Å². The van der Waals surface area contributed by atoms with Crippen LogP contribution in [0, 0.1) is 11.8 Å². The van der Waals surface area contributed by atoms with Crippen LogP contribution in [-0.4, -0.2) is 5.33 Å². The molecule has 1 nitrogen and oxygen atoms in total. The lowest BCUT2D eigenvalue weighted by molar-refractivity contribution is 0.385. The number of hydrogen-bond acceptors (Lipinski definition) is 1. The Morgan fingerprint density at radius 2 is 2.25 bits per heavy atom. The maximum atomic E-state index is 5.30. The molecule has 1 aromatic rings. The van der Waals surface area contributed by atoms with Crippen molar-refractivity contribution in [2.45, 2.75) is 20.3 Å². The number of halogens is 1. The predicted octanol–water partition coefficient (Wildman–Crippen LogP) is 3.49. The standard InChI is InChI=1S/C10H15BrO/c1-8(2)9(7-11)6-10-4-3-5-12-10/h3-5,8-9H,6-7H2,1-2H3. The summed E-state index contributed by atoms with van der Waals surface area (Å²) in [7, 11) is 0. The first-order valence-electron chi connectivity index (χ1n) is 4.32. The van der Waals surface area contributed by atoms with E-state index in [1.54, 1.807) is 6.26 Å². The molecule has 12 heavy (non-hydrogen) atoms. The summed E-state index contributed by atoms with van der Waals surface area (Å²) in [4.78, 5) is 0. The van der Waals surface area contributed by atoms with Gasteiger partial charge >= 0.3 is 0 Å². The van der Waals surface area contributed by atoms with Gasteiger partial charge in [-0.25, -0.2) is 0 Å². The van der Waals surface area contributed by atoms with Crippen LogP contribution in [0.2, 0.25) is 0 Å². The van der Waals surface area contributed by atoms with Gasteiger partial charge in [0.2, 0.25) is 0 Å². The fourth-order valence-corrected chi connectivity index (χ4v) is 2.13. The quantitative estimate of drug-likeness (QED) is 0.723. The minimum absolute atomic E-state index is 0.677. The smallest absolute Gasteiger partial charge is 0.104 e. The second-order valence-electron chi connectivity index (χ2n) is 3.44. The fourth-order valence-electron chi connectivity index (χ4n) is 1.16. The lowest BCUT2D eigenvalue weighted by atomic mass is 9.94. The third-order valence-corrected chi connectivity index (χ3v) is 3.02. The SMILES string of the molecule is CC(C)C(CBr)Cc1ccco1. The Labute approximate surface area is 82.3 Å². The molecule has 1 aromatic heterocycles. The zero-order valence-electron chi connectivity index (χ0n) is 7.59. The molecule has 0 aromatic carbocycles. The zero-order valence-corrected chi connectivity index (χ0v) is 9.17. The highest BCUT2D eigenvalue weighted by atomic mass is 79.9. The molecule has 1 unspecified atom stereocenters. The second-order valence-corrected chi connectivity index (χ2v) is 4.09. The normalized spacial score (nSPS) is 13.7. The third kappa shape index (κ3) is 2.67. The molecule has 0 N–H and O–H groups in total. The Morgan fingerprint density at radius 1 is 1.50 bits per heavy atom. The fraction of sp³-hybridized carbons (Fsp3) is 0.600. The van der Waals surface area contributed by atoms with Crippen LogP contribution in [-0.2, 0) is 6.42 Å². The molecule has 0 amide bonds. The van der Waals surface area contributed by atoms with Crippen molar-refractivity contribution in [2.75, 3.05) is 5.33 Å². The molecule has 1 atom stereocenters. The van der Waals surface area contributed by atoms with Crippen LogP contribution in [0.1, 0.15) is 19.6 Å². The first kappa shape index (κ1) is 9.85. The minimum Gasteiger partial charge on any atom is -0.469 e. The Bertz CT molecular complexity index is 204. The summed E-state index contributed by atoms with van der Waals surface area (Å²) in [6.07, 6.45) is 2.77. The van der Waals surface area contributed by atoms with Gasteiger partial charge in [-0.3, -0.25) is 0 Å². The van der Waals surface area contributed by atoms with Crippen molar-refractivity contribution in [3.05, 3.63) is 24.2 Å². The van der Waals surface area contributed by atoms with E-state index in [0.717, 1.165) is 17.5 Å². The van der Waals surface area contributed by atoms with Crippen LogP contribution in [0.15, 0.2) is 22.8 Å². The van der Waals surface area contributed by atoms with E-state index < -0.39 is 0 Å². The van der Waals surface area contributed by atoms with Gasteiger partial charge in [0.25, 0.3) is 0 Å². The first-order chi connectivity index (χ1) is 5.74. The Hall–Kier alpha value is -0.240. The van der Waals surface area contributed by atoms with Gasteiger partial charge < -0.3 is 4.42 Å². The van der Waals surface area contributed by atoms with Crippen molar-refractivity contribution in [3.63, 3.8) is 0 Å². The molecule has 0 bridgehead atoms. The van der Waals surface area contributed by atoms with Crippen LogP contribution in [0.25, 0.3) is 0 Å². The molecule has 0 aliphatic rings. The number of alkyl halides is 1. The van der Waals surface area contributed by atoms with E-state index in [2.05, 4.69) is 29.8 Å². The van der Waals surface area contributed by atoms with E-state index in [1.807, 2.05) is 12.1 Å². The Morgan fingerprint density at radius 3 is 2.67 bits per heavy atom. The summed E-state index contributed by atoms with van der Waals surface area (Å²) in [5.41, 5.74) is 0. The largest absolute Gasteiger partial charge is 0.469 e. The van der Waals surface area contributed by atoms with Gasteiger partial charge in [-0.2, -0.15) is 0 Å². The van der Waals surface area contributed by atoms with Crippen molar-refractivity contribution in [1.29, 1.82) is 0 Å². The van der Waals surface area contributed by atoms with E-state index in [9.17, 15) is 0 Å². The van der Waals surface area contributed by atoms with E-state index >= 15 is 0 Å². The van der Waals surface area contributed by atoms with E-state index in [-0.39, 0.29) is 0 Å². The summed E-state index contributed by atoms with van der Waals surface area (Å²) in [5.74, 6) is 2.47. The summed E-state index contributed by atoms with van der Waals surface area (Å²) < 4.78 is 5.30. The van der Waals surface area contributed by atoms with E-state index in [0.29, 0.717) is 11.8 Å². The van der Waals surface area contributed by atoms with Gasteiger partial charge in [-0.05, 0) is 24.0 Å². The molecule has 0 saturated heterocycles. The van der Waals surface area contributed by atoms with Gasteiger partial charge in [-0.1, -0.05) is 29.8 Å². The van der Waals surface area contributed by atoms with Crippen LogP contribution in [0.4, 0.5) is 0 Å². The average molecular weight is 231 g/mol. The topological polar surface area (TPSA) is 13.1 Å². The highest BCUT2D eigenvalue weighted by molar-refractivity contribution is 9.09. The van der Waals surface area contributed by atoms with E-state index in [4.69, 9.17) is 4.42 Å². The number of hydrogen-bond donors (Lipinski definition) is 0. The van der Waals surface area contributed by atoms with Gasteiger partial charge in [-0.15, -0.1) is 0 Å². The molecule has 0 radical (unpaired) electrons. The minimum atomic E-state index is 0.677. The maximum Gasteiger partial charge on any atom is 0.104 e. The molecule has 1 heterocycles. The van der Waals surface area contributed by atoms with Gasteiger partial charge in [0, 0.05) is 11.8 Å². The van der Waals surface area contributed by atoms with Crippen LogP contribution >= 0.6 is 15.9 Å². The maximum absolute atomic E-state index is 5.30. The summed E-state index contributed by atoms with van der Waals surface area (Å²) in [5, 5.41) is 1.05. The molecule has 2 heteroatoms. The van der Waals surface area contributed by atoms with Crippen molar-refractivity contribution in [3.8, 4) is 0 Å². The Balaban J connectivity index is 2.48. The highest BCUT2D eigenvalue weighted by Gasteiger charge is 2.13. The van der Waals surface area contributed by atoms with Crippen molar-refractivity contribution >= 4 is 15.9 Å². The number of rotatable bonds is 4. The molecule has 1 rings (SSSR count).